The molecule has 0 saturated carbocycles. The van der Waals surface area contributed by atoms with Crippen molar-refractivity contribution in [3.05, 3.63) is 12.8 Å². The molecule has 1 N–H and O–H groups in total. The average Bonchev–Trinajstić information content (AvgIpc) is 2.15. The Labute approximate surface area is 97.2 Å². The van der Waals surface area contributed by atoms with Crippen LogP contribution in [0, 0.1) is 5.92 Å². The number of rotatable bonds is 8. The highest BCUT2D eigenvalue weighted by Crippen LogP contribution is 2.12. The van der Waals surface area contributed by atoms with Gasteiger partial charge in [0.05, 0.1) is 0 Å². The molecular weight excluding hydrogens is 208 g/mol. The summed E-state index contributed by atoms with van der Waals surface area (Å²) in [4.78, 5) is 17.9. The quantitative estimate of drug-likeness (QED) is 0.504. The molecule has 0 heterocycles. The molecule has 0 aliphatic heterocycles. The molecule has 1 atom stereocenters. The largest absolute Gasteiger partial charge is 0.480 e. The molecule has 0 aliphatic rings. The van der Waals surface area contributed by atoms with Crippen molar-refractivity contribution in [2.75, 3.05) is 20.8 Å². The van der Waals surface area contributed by atoms with Crippen LogP contribution in [0.4, 0.5) is 0 Å². The topological polar surface area (TPSA) is 53.0 Å². The molecule has 0 fully saturated rings. The molecule has 0 rings (SSSR count). The first-order valence-corrected chi connectivity index (χ1v) is 5.29. The fourth-order valence-electron chi connectivity index (χ4n) is 1.28. The summed E-state index contributed by atoms with van der Waals surface area (Å²) in [5.74, 6) is -0.543. The molecule has 1 unspecified atom stereocenters. The summed E-state index contributed by atoms with van der Waals surface area (Å²) >= 11 is 0. The van der Waals surface area contributed by atoms with E-state index in [0.717, 1.165) is 0 Å². The molecule has 94 valence electrons. The summed E-state index contributed by atoms with van der Waals surface area (Å²) in [6.07, 6.45) is 2.07. The van der Waals surface area contributed by atoms with Crippen LogP contribution in [0.15, 0.2) is 12.8 Å². The van der Waals surface area contributed by atoms with Crippen molar-refractivity contribution in [3.8, 4) is 0 Å². The van der Waals surface area contributed by atoms with Crippen LogP contribution in [0.2, 0.25) is 0 Å². The highest BCUT2D eigenvalue weighted by atomic mass is 16.7. The van der Waals surface area contributed by atoms with Crippen LogP contribution in [0.5, 0.6) is 0 Å². The number of aliphatic carboxylic acids is 1. The Morgan fingerprint density at radius 1 is 1.50 bits per heavy atom. The minimum Gasteiger partial charge on any atom is -0.480 e. The Morgan fingerprint density at radius 2 is 2.06 bits per heavy atom. The lowest BCUT2D eigenvalue weighted by atomic mass is 10.0. The van der Waals surface area contributed by atoms with Gasteiger partial charge in [-0.15, -0.1) is 0 Å². The highest BCUT2D eigenvalue weighted by Gasteiger charge is 2.24. The average molecular weight is 230 g/mol. The van der Waals surface area contributed by atoms with Crippen LogP contribution in [-0.2, 0) is 9.63 Å². The van der Waals surface area contributed by atoms with E-state index in [9.17, 15) is 4.79 Å². The van der Waals surface area contributed by atoms with Crippen molar-refractivity contribution in [2.24, 2.45) is 5.92 Å². The van der Waals surface area contributed by atoms with Gasteiger partial charge in [-0.05, 0) is 18.5 Å². The fraction of sp³-hybridized carbons (Fsp3) is 0.727. The first-order valence-electron chi connectivity index (χ1n) is 5.29. The third kappa shape index (κ3) is 5.72. The Morgan fingerprint density at radius 3 is 2.38 bits per heavy atom. The van der Waals surface area contributed by atoms with Crippen LogP contribution in [0.3, 0.4) is 0 Å². The van der Waals surface area contributed by atoms with E-state index in [1.165, 1.54) is 11.3 Å². The molecule has 0 aromatic rings. The maximum atomic E-state index is 11.1. The van der Waals surface area contributed by atoms with Gasteiger partial charge in [0.1, 0.15) is 12.8 Å². The number of carbonyl (C=O) groups is 1. The van der Waals surface area contributed by atoms with Gasteiger partial charge in [-0.25, -0.2) is 4.79 Å². The number of hydroxylamine groups is 2. The molecule has 0 aliphatic carbocycles. The molecular formula is C11H22N2O3. The van der Waals surface area contributed by atoms with Gasteiger partial charge in [0.2, 0.25) is 0 Å². The van der Waals surface area contributed by atoms with Crippen LogP contribution in [0.1, 0.15) is 20.3 Å². The van der Waals surface area contributed by atoms with Crippen LogP contribution >= 0.6 is 0 Å². The molecule has 0 bridgehead atoms. The zero-order valence-corrected chi connectivity index (χ0v) is 10.5. The summed E-state index contributed by atoms with van der Waals surface area (Å²) in [7, 11) is 3.50. The zero-order valence-electron chi connectivity index (χ0n) is 10.5. The first-order chi connectivity index (χ1) is 7.38. The molecule has 5 heteroatoms. The maximum Gasteiger partial charge on any atom is 0.326 e. The smallest absolute Gasteiger partial charge is 0.326 e. The minimum atomic E-state index is -0.851. The second-order valence-corrected chi connectivity index (χ2v) is 4.25. The lowest BCUT2D eigenvalue weighted by molar-refractivity contribution is -0.168. The second-order valence-electron chi connectivity index (χ2n) is 4.25. The molecule has 0 spiro atoms. The van der Waals surface area contributed by atoms with Gasteiger partial charge in [-0.1, -0.05) is 20.4 Å². The number of nitrogens with zero attached hydrogens (tertiary/aromatic N) is 2. The summed E-state index contributed by atoms with van der Waals surface area (Å²) in [6, 6.07) is -0.586. The normalized spacial score (nSPS) is 12.9. The highest BCUT2D eigenvalue weighted by molar-refractivity contribution is 5.73. The first kappa shape index (κ1) is 14.9. The molecule has 0 radical (unpaired) electrons. The molecule has 0 aromatic heterocycles. The molecule has 0 amide bonds. The van der Waals surface area contributed by atoms with Crippen LogP contribution < -0.4 is 0 Å². The summed E-state index contributed by atoms with van der Waals surface area (Å²) in [5, 5.41) is 10.7. The standard InChI is InChI=1S/C11H22N2O3/c1-6-13(8-16-12(4)5)10(11(14)15)7-9(2)3/h6,9-10H,1,7-8H2,2-5H3,(H,14,15). The fourth-order valence-corrected chi connectivity index (χ4v) is 1.28. The number of carboxylic acids is 1. The van der Waals surface area contributed by atoms with Crippen molar-refractivity contribution in [3.63, 3.8) is 0 Å². The van der Waals surface area contributed by atoms with E-state index >= 15 is 0 Å². The third-order valence-electron chi connectivity index (χ3n) is 2.08. The summed E-state index contributed by atoms with van der Waals surface area (Å²) in [5.41, 5.74) is 0. The summed E-state index contributed by atoms with van der Waals surface area (Å²) < 4.78 is 0. The Bertz CT molecular complexity index is 229. The van der Waals surface area contributed by atoms with Gasteiger partial charge in [-0.2, -0.15) is 5.06 Å². The zero-order chi connectivity index (χ0) is 12.7. The van der Waals surface area contributed by atoms with Crippen molar-refractivity contribution in [1.29, 1.82) is 0 Å². The van der Waals surface area contributed by atoms with E-state index < -0.39 is 12.0 Å². The predicted molar refractivity (Wildman–Crippen MR) is 62.6 cm³/mol. The van der Waals surface area contributed by atoms with Gasteiger partial charge < -0.3 is 10.0 Å². The maximum absolute atomic E-state index is 11.1. The number of carboxylic acid groups (broad SMARTS) is 1. The van der Waals surface area contributed by atoms with E-state index in [1.807, 2.05) is 13.8 Å². The Kier molecular flexibility index (Phi) is 6.76. The van der Waals surface area contributed by atoms with Crippen molar-refractivity contribution in [1.82, 2.24) is 9.96 Å². The van der Waals surface area contributed by atoms with Gasteiger partial charge in [-0.3, -0.25) is 4.84 Å². The third-order valence-corrected chi connectivity index (χ3v) is 2.08. The monoisotopic (exact) mass is 230 g/mol. The minimum absolute atomic E-state index is 0.195. The van der Waals surface area contributed by atoms with Crippen molar-refractivity contribution < 1.29 is 14.7 Å². The predicted octanol–water partition coefficient (Wildman–Crippen LogP) is 1.38. The second kappa shape index (κ2) is 7.24. The van der Waals surface area contributed by atoms with E-state index in [4.69, 9.17) is 9.94 Å². The Hall–Kier alpha value is -1.07. The van der Waals surface area contributed by atoms with Gasteiger partial charge >= 0.3 is 5.97 Å². The van der Waals surface area contributed by atoms with Gasteiger partial charge in [0.15, 0.2) is 0 Å². The van der Waals surface area contributed by atoms with E-state index in [1.54, 1.807) is 19.0 Å². The van der Waals surface area contributed by atoms with E-state index in [-0.39, 0.29) is 6.73 Å². The number of hydrogen-bond acceptors (Lipinski definition) is 4. The van der Waals surface area contributed by atoms with Crippen molar-refractivity contribution >= 4 is 5.97 Å². The van der Waals surface area contributed by atoms with E-state index in [2.05, 4.69) is 6.58 Å². The molecule has 16 heavy (non-hydrogen) atoms. The van der Waals surface area contributed by atoms with Gasteiger partial charge in [0, 0.05) is 14.1 Å². The SMILES string of the molecule is C=CN(CON(C)C)C(CC(C)C)C(=O)O. The molecule has 0 aromatic carbocycles. The molecule has 5 nitrogen and oxygen atoms in total. The van der Waals surface area contributed by atoms with Crippen LogP contribution in [0.25, 0.3) is 0 Å². The Balaban J connectivity index is 4.45. The van der Waals surface area contributed by atoms with Gasteiger partial charge in [0.25, 0.3) is 0 Å². The van der Waals surface area contributed by atoms with E-state index in [0.29, 0.717) is 12.3 Å². The van der Waals surface area contributed by atoms with Crippen molar-refractivity contribution in [2.45, 2.75) is 26.3 Å². The lowest BCUT2D eigenvalue weighted by Crippen LogP contribution is -2.41. The van der Waals surface area contributed by atoms with Crippen LogP contribution in [-0.4, -0.2) is 47.9 Å². The lowest BCUT2D eigenvalue weighted by Gasteiger charge is -2.29. The summed E-state index contributed by atoms with van der Waals surface area (Å²) in [6.45, 7) is 7.79. The number of hydrogen-bond donors (Lipinski definition) is 1. The molecule has 0 saturated heterocycles.